The van der Waals surface area contributed by atoms with E-state index in [0.717, 1.165) is 6.07 Å². The van der Waals surface area contributed by atoms with Crippen molar-refractivity contribution in [2.75, 3.05) is 23.9 Å². The van der Waals surface area contributed by atoms with Crippen LogP contribution in [0.5, 0.6) is 5.75 Å². The predicted octanol–water partition coefficient (Wildman–Crippen LogP) is 2.67. The first-order chi connectivity index (χ1) is 14.3. The molecule has 4 rings (SSSR count). The third-order valence-electron chi connectivity index (χ3n) is 4.73. The molecule has 1 aliphatic heterocycles. The van der Waals surface area contributed by atoms with E-state index in [1.165, 1.54) is 11.0 Å². The summed E-state index contributed by atoms with van der Waals surface area (Å²) in [5.74, 6) is -0.753. The Morgan fingerprint density at radius 3 is 2.87 bits per heavy atom. The molecule has 9 nitrogen and oxygen atoms in total. The molecule has 3 heterocycles. The van der Waals surface area contributed by atoms with Crippen molar-refractivity contribution in [3.05, 3.63) is 48.0 Å². The maximum atomic E-state index is 14.5. The minimum absolute atomic E-state index is 0.126. The molecule has 1 N–H and O–H groups in total. The van der Waals surface area contributed by atoms with Crippen molar-refractivity contribution in [3.63, 3.8) is 0 Å². The molecule has 0 atom stereocenters. The summed E-state index contributed by atoms with van der Waals surface area (Å²) >= 11 is 0. The SMILES string of the molecule is CC(C)n1cnnc1-c1cccc(NC(=O)c2cc3c(cc2F)OCC(=O)N3C)n1. The van der Waals surface area contributed by atoms with Gasteiger partial charge in [0.2, 0.25) is 0 Å². The van der Waals surface area contributed by atoms with Gasteiger partial charge in [0.05, 0.1) is 11.3 Å². The number of rotatable bonds is 4. The number of likely N-dealkylation sites (N-methyl/N-ethyl adjacent to an activating group) is 1. The van der Waals surface area contributed by atoms with Gasteiger partial charge >= 0.3 is 0 Å². The first-order valence-corrected chi connectivity index (χ1v) is 9.26. The van der Waals surface area contributed by atoms with Crippen LogP contribution in [0.2, 0.25) is 0 Å². The minimum Gasteiger partial charge on any atom is -0.481 e. The predicted molar refractivity (Wildman–Crippen MR) is 107 cm³/mol. The van der Waals surface area contributed by atoms with Crippen LogP contribution in [0.4, 0.5) is 15.9 Å². The Morgan fingerprint density at radius 1 is 1.30 bits per heavy atom. The Bertz CT molecular complexity index is 1140. The Balaban J connectivity index is 1.62. The molecule has 154 valence electrons. The molecule has 30 heavy (non-hydrogen) atoms. The van der Waals surface area contributed by atoms with Crippen LogP contribution >= 0.6 is 0 Å². The number of benzene rings is 1. The smallest absolute Gasteiger partial charge is 0.264 e. The number of amides is 2. The number of fused-ring (bicyclic) bond motifs is 1. The Labute approximate surface area is 171 Å². The normalized spacial score (nSPS) is 13.2. The van der Waals surface area contributed by atoms with Crippen LogP contribution in [-0.4, -0.2) is 45.2 Å². The molecule has 10 heteroatoms. The molecule has 0 saturated carbocycles. The fourth-order valence-corrected chi connectivity index (χ4v) is 3.08. The number of carbonyl (C=O) groups is 2. The van der Waals surface area contributed by atoms with Crippen LogP contribution in [0, 0.1) is 5.82 Å². The van der Waals surface area contributed by atoms with E-state index in [2.05, 4.69) is 20.5 Å². The highest BCUT2D eigenvalue weighted by atomic mass is 19.1. The van der Waals surface area contributed by atoms with Crippen molar-refractivity contribution < 1.29 is 18.7 Å². The molecule has 1 aromatic carbocycles. The zero-order chi connectivity index (χ0) is 21.4. The van der Waals surface area contributed by atoms with Crippen LogP contribution < -0.4 is 15.0 Å². The van der Waals surface area contributed by atoms with Gasteiger partial charge in [-0.1, -0.05) is 6.07 Å². The van der Waals surface area contributed by atoms with Crippen molar-refractivity contribution in [2.24, 2.45) is 0 Å². The highest BCUT2D eigenvalue weighted by Crippen LogP contribution is 2.34. The maximum absolute atomic E-state index is 14.5. The van der Waals surface area contributed by atoms with Gasteiger partial charge in [-0.25, -0.2) is 9.37 Å². The molecule has 0 spiro atoms. The Kier molecular flexibility index (Phi) is 4.90. The molecule has 0 saturated heterocycles. The molecule has 2 amide bonds. The van der Waals surface area contributed by atoms with Crippen LogP contribution in [0.3, 0.4) is 0 Å². The number of aromatic nitrogens is 4. The molecule has 0 fully saturated rings. The number of anilines is 2. The van der Waals surface area contributed by atoms with Crippen LogP contribution in [-0.2, 0) is 4.79 Å². The molecule has 2 aromatic heterocycles. The summed E-state index contributed by atoms with van der Waals surface area (Å²) in [6, 6.07) is 7.56. The lowest BCUT2D eigenvalue weighted by Crippen LogP contribution is -2.35. The average molecular weight is 410 g/mol. The zero-order valence-corrected chi connectivity index (χ0v) is 16.6. The number of halogens is 1. The third kappa shape index (κ3) is 3.47. The summed E-state index contributed by atoms with van der Waals surface area (Å²) < 4.78 is 21.6. The van der Waals surface area contributed by atoms with Gasteiger partial charge in [-0.2, -0.15) is 0 Å². The minimum atomic E-state index is -0.760. The lowest BCUT2D eigenvalue weighted by molar-refractivity contribution is -0.121. The second-order valence-corrected chi connectivity index (χ2v) is 7.06. The molecular weight excluding hydrogens is 391 g/mol. The van der Waals surface area contributed by atoms with Crippen molar-refractivity contribution in [3.8, 4) is 17.3 Å². The van der Waals surface area contributed by atoms with Crippen LogP contribution in [0.25, 0.3) is 11.5 Å². The molecule has 3 aromatic rings. The number of carbonyl (C=O) groups excluding carboxylic acids is 2. The summed E-state index contributed by atoms with van der Waals surface area (Å²) in [6.07, 6.45) is 1.61. The van der Waals surface area contributed by atoms with E-state index in [0.29, 0.717) is 17.2 Å². The fourth-order valence-electron chi connectivity index (χ4n) is 3.08. The Morgan fingerprint density at radius 2 is 2.10 bits per heavy atom. The van der Waals surface area contributed by atoms with E-state index < -0.39 is 11.7 Å². The van der Waals surface area contributed by atoms with E-state index in [-0.39, 0.29) is 35.7 Å². The van der Waals surface area contributed by atoms with Crippen LogP contribution in [0.15, 0.2) is 36.7 Å². The van der Waals surface area contributed by atoms with Gasteiger partial charge in [-0.3, -0.25) is 9.59 Å². The number of hydrogen-bond acceptors (Lipinski definition) is 6. The van der Waals surface area contributed by atoms with Gasteiger partial charge in [0, 0.05) is 19.2 Å². The fraction of sp³-hybridized carbons (Fsp3) is 0.250. The summed E-state index contributed by atoms with van der Waals surface area (Å²) in [6.45, 7) is 3.80. The van der Waals surface area contributed by atoms with Gasteiger partial charge in [0.15, 0.2) is 12.4 Å². The van der Waals surface area contributed by atoms with Gasteiger partial charge in [-0.05, 0) is 32.0 Å². The van der Waals surface area contributed by atoms with Gasteiger partial charge in [0.1, 0.15) is 29.4 Å². The van der Waals surface area contributed by atoms with E-state index >= 15 is 0 Å². The van der Waals surface area contributed by atoms with Gasteiger partial charge < -0.3 is 19.5 Å². The first-order valence-electron chi connectivity index (χ1n) is 9.26. The Hall–Kier alpha value is -3.82. The monoisotopic (exact) mass is 410 g/mol. The van der Waals surface area contributed by atoms with Gasteiger partial charge in [-0.15, -0.1) is 10.2 Å². The largest absolute Gasteiger partial charge is 0.481 e. The van der Waals surface area contributed by atoms with E-state index in [1.54, 1.807) is 31.6 Å². The van der Waals surface area contributed by atoms with Crippen molar-refractivity contribution in [1.82, 2.24) is 19.7 Å². The highest BCUT2D eigenvalue weighted by Gasteiger charge is 2.26. The lowest BCUT2D eigenvalue weighted by Gasteiger charge is -2.26. The standard InChI is InChI=1S/C20H19FN6O3/c1-11(2)27-10-22-25-19(27)14-5-4-6-17(23-14)24-20(29)12-7-15-16(8-13(12)21)30-9-18(28)26(15)3/h4-8,10-11H,9H2,1-3H3,(H,23,24,29). The number of nitrogens with zero attached hydrogens (tertiary/aromatic N) is 5. The van der Waals surface area contributed by atoms with E-state index in [4.69, 9.17) is 4.74 Å². The second kappa shape index (κ2) is 7.54. The number of ether oxygens (including phenoxy) is 1. The van der Waals surface area contributed by atoms with E-state index in [1.807, 2.05) is 18.4 Å². The summed E-state index contributed by atoms with van der Waals surface area (Å²) in [4.78, 5) is 30.3. The first kappa shape index (κ1) is 19.5. The number of hydrogen-bond donors (Lipinski definition) is 1. The molecule has 0 radical (unpaired) electrons. The zero-order valence-electron chi connectivity index (χ0n) is 16.6. The highest BCUT2D eigenvalue weighted by molar-refractivity contribution is 6.06. The summed E-state index contributed by atoms with van der Waals surface area (Å²) in [5.41, 5.74) is 0.615. The summed E-state index contributed by atoms with van der Waals surface area (Å²) in [5, 5.41) is 10.6. The van der Waals surface area contributed by atoms with Crippen LogP contribution in [0.1, 0.15) is 30.2 Å². The molecule has 0 unspecified atom stereocenters. The quantitative estimate of drug-likeness (QED) is 0.710. The van der Waals surface area contributed by atoms with E-state index in [9.17, 15) is 14.0 Å². The van der Waals surface area contributed by atoms with Gasteiger partial charge in [0.25, 0.3) is 11.8 Å². The number of pyridine rings is 1. The third-order valence-corrected chi connectivity index (χ3v) is 4.73. The molecule has 1 aliphatic rings. The number of nitrogens with one attached hydrogen (secondary N) is 1. The average Bonchev–Trinajstić information content (AvgIpc) is 3.21. The summed E-state index contributed by atoms with van der Waals surface area (Å²) in [7, 11) is 1.54. The topological polar surface area (TPSA) is 102 Å². The molecule has 0 bridgehead atoms. The van der Waals surface area contributed by atoms with Crippen molar-refractivity contribution in [2.45, 2.75) is 19.9 Å². The molecular formula is C20H19FN6O3. The second-order valence-electron chi connectivity index (χ2n) is 7.06. The lowest BCUT2D eigenvalue weighted by atomic mass is 10.1. The van der Waals surface area contributed by atoms with Crippen molar-refractivity contribution >= 4 is 23.3 Å². The maximum Gasteiger partial charge on any atom is 0.264 e. The van der Waals surface area contributed by atoms with Crippen molar-refractivity contribution in [1.29, 1.82) is 0 Å². The molecule has 0 aliphatic carbocycles.